The Bertz CT molecular complexity index is 791. The van der Waals surface area contributed by atoms with E-state index in [-0.39, 0.29) is 17.1 Å². The molecule has 1 atom stereocenters. The molecule has 1 unspecified atom stereocenters. The van der Waals surface area contributed by atoms with Gasteiger partial charge in [0.25, 0.3) is 0 Å². The largest absolute Gasteiger partial charge is 0.361 e. The van der Waals surface area contributed by atoms with Crippen molar-refractivity contribution in [3.8, 4) is 0 Å². The van der Waals surface area contributed by atoms with Crippen molar-refractivity contribution in [3.63, 3.8) is 0 Å². The minimum atomic E-state index is -0.389. The second kappa shape index (κ2) is 8.28. The van der Waals surface area contributed by atoms with Crippen molar-refractivity contribution in [1.82, 2.24) is 5.32 Å². The van der Waals surface area contributed by atoms with Crippen LogP contribution in [0, 0.1) is 5.41 Å². The topological polar surface area (TPSA) is 47.9 Å². The number of hydrogen-bond acceptors (Lipinski definition) is 3. The number of nitrogens with one attached hydrogen (secondary N) is 3. The maximum Gasteiger partial charge on any atom is 0.134 e. The maximum absolute atomic E-state index is 14.2. The summed E-state index contributed by atoms with van der Waals surface area (Å²) in [6.45, 7) is 5.99. The van der Waals surface area contributed by atoms with Crippen molar-refractivity contribution in [2.45, 2.75) is 32.6 Å². The molecule has 1 heterocycles. The average molecular weight is 351 g/mol. The van der Waals surface area contributed by atoms with E-state index in [9.17, 15) is 4.39 Å². The van der Waals surface area contributed by atoms with Crippen LogP contribution in [0.25, 0.3) is 0 Å². The van der Waals surface area contributed by atoms with Gasteiger partial charge in [0, 0.05) is 24.0 Å². The van der Waals surface area contributed by atoms with E-state index in [0.29, 0.717) is 5.92 Å². The summed E-state index contributed by atoms with van der Waals surface area (Å²) in [5, 5.41) is 14.9. The monoisotopic (exact) mass is 351 g/mol. The van der Waals surface area contributed by atoms with Gasteiger partial charge in [-0.25, -0.2) is 4.39 Å². The van der Waals surface area contributed by atoms with Gasteiger partial charge >= 0.3 is 0 Å². The zero-order valence-corrected chi connectivity index (χ0v) is 15.4. The summed E-state index contributed by atoms with van der Waals surface area (Å²) in [4.78, 5) is 0. The number of piperidine rings is 1. The minimum absolute atomic E-state index is 0.206. The van der Waals surface area contributed by atoms with E-state index in [4.69, 9.17) is 5.41 Å². The summed E-state index contributed by atoms with van der Waals surface area (Å²) in [6.07, 6.45) is 9.04. The Kier molecular flexibility index (Phi) is 5.84. The lowest BCUT2D eigenvalue weighted by atomic mass is 9.91. The van der Waals surface area contributed by atoms with Crippen LogP contribution in [0.5, 0.6) is 0 Å². The predicted molar refractivity (Wildman–Crippen MR) is 107 cm³/mol. The molecule has 0 bridgehead atoms. The summed E-state index contributed by atoms with van der Waals surface area (Å²) < 4.78 is 14.2. The molecule has 4 heteroatoms. The molecule has 2 aliphatic rings. The van der Waals surface area contributed by atoms with E-state index in [1.165, 1.54) is 24.5 Å². The Labute approximate surface area is 154 Å². The lowest BCUT2D eigenvalue weighted by Gasteiger charge is -2.23. The minimum Gasteiger partial charge on any atom is -0.361 e. The second-order valence-corrected chi connectivity index (χ2v) is 6.81. The van der Waals surface area contributed by atoms with Crippen LogP contribution in [-0.4, -0.2) is 18.8 Å². The zero-order chi connectivity index (χ0) is 18.5. The molecule has 136 valence electrons. The fourth-order valence-corrected chi connectivity index (χ4v) is 3.36. The highest BCUT2D eigenvalue weighted by Gasteiger charge is 2.19. The molecule has 26 heavy (non-hydrogen) atoms. The van der Waals surface area contributed by atoms with Gasteiger partial charge in [0.15, 0.2) is 0 Å². The van der Waals surface area contributed by atoms with Crippen LogP contribution < -0.4 is 10.6 Å². The van der Waals surface area contributed by atoms with E-state index >= 15 is 0 Å². The average Bonchev–Trinajstić information content (AvgIpc) is 2.68. The molecule has 0 amide bonds. The number of anilines is 1. The molecule has 0 spiro atoms. The molecule has 0 radical (unpaired) electrons. The van der Waals surface area contributed by atoms with E-state index < -0.39 is 0 Å². The van der Waals surface area contributed by atoms with Crippen LogP contribution >= 0.6 is 0 Å². The lowest BCUT2D eigenvalue weighted by Crippen LogP contribution is -2.28. The van der Waals surface area contributed by atoms with Crippen molar-refractivity contribution in [3.05, 3.63) is 76.8 Å². The van der Waals surface area contributed by atoms with Crippen LogP contribution in [0.15, 0.2) is 71.2 Å². The van der Waals surface area contributed by atoms with Gasteiger partial charge in [-0.15, -0.1) is 0 Å². The van der Waals surface area contributed by atoms with E-state index in [1.807, 2.05) is 32.1 Å². The maximum atomic E-state index is 14.2. The molecule has 0 saturated carbocycles. The summed E-state index contributed by atoms with van der Waals surface area (Å²) in [7, 11) is 0. The van der Waals surface area contributed by atoms with Crippen LogP contribution in [0.3, 0.4) is 0 Å². The third kappa shape index (κ3) is 4.02. The molecule has 3 nitrogen and oxygen atoms in total. The van der Waals surface area contributed by atoms with E-state index in [2.05, 4.69) is 22.8 Å². The normalized spacial score (nSPS) is 22.9. The van der Waals surface area contributed by atoms with Gasteiger partial charge in [0.05, 0.1) is 11.3 Å². The van der Waals surface area contributed by atoms with Gasteiger partial charge in [-0.05, 0) is 74.6 Å². The van der Waals surface area contributed by atoms with Gasteiger partial charge in [0.1, 0.15) is 5.83 Å². The number of benzene rings is 1. The summed E-state index contributed by atoms with van der Waals surface area (Å²) >= 11 is 0. The molecule has 3 N–H and O–H groups in total. The van der Waals surface area contributed by atoms with Crippen molar-refractivity contribution in [1.29, 1.82) is 5.41 Å². The summed E-state index contributed by atoms with van der Waals surface area (Å²) in [5.74, 6) is 0.180. The number of halogens is 1. The van der Waals surface area contributed by atoms with Crippen LogP contribution in [0.1, 0.15) is 38.2 Å². The molecular formula is C22H26FN3. The first-order valence-electron chi connectivity index (χ1n) is 9.18. The van der Waals surface area contributed by atoms with E-state index in [0.717, 1.165) is 29.9 Å². The number of rotatable bonds is 4. The van der Waals surface area contributed by atoms with Crippen LogP contribution in [-0.2, 0) is 0 Å². The van der Waals surface area contributed by atoms with Crippen molar-refractivity contribution >= 4 is 11.4 Å². The number of hydrogen-bond donors (Lipinski definition) is 3. The molecule has 0 aromatic heterocycles. The van der Waals surface area contributed by atoms with Crippen LogP contribution in [0.2, 0.25) is 0 Å². The third-order valence-electron chi connectivity index (χ3n) is 5.11. The Hall–Kier alpha value is -2.46. The standard InChI is InChI=1S/C22H26FN3/c1-3-15(2)19-10-11-21(23)20(22(19)24)14-26-18-8-6-16(7-9-18)17-5-4-12-25-13-17/h3,6-11,14,17,24-26H,4-5,12-13H2,1-2H3/b15-3+,20-14-,24-22?. The second-order valence-electron chi connectivity index (χ2n) is 6.81. The Balaban J connectivity index is 1.72. The highest BCUT2D eigenvalue weighted by molar-refractivity contribution is 6.16. The van der Waals surface area contributed by atoms with Crippen LogP contribution in [0.4, 0.5) is 10.1 Å². The smallest absolute Gasteiger partial charge is 0.134 e. The molecule has 1 aliphatic carbocycles. The first-order valence-corrected chi connectivity index (χ1v) is 9.18. The highest BCUT2D eigenvalue weighted by atomic mass is 19.1. The highest BCUT2D eigenvalue weighted by Crippen LogP contribution is 2.28. The molecular weight excluding hydrogens is 325 g/mol. The quantitative estimate of drug-likeness (QED) is 0.696. The molecule has 3 rings (SSSR count). The van der Waals surface area contributed by atoms with Gasteiger partial charge in [-0.2, -0.15) is 0 Å². The Morgan fingerprint density at radius 3 is 2.69 bits per heavy atom. The fourth-order valence-electron chi connectivity index (χ4n) is 3.36. The first kappa shape index (κ1) is 18.3. The lowest BCUT2D eigenvalue weighted by molar-refractivity contribution is 0.461. The predicted octanol–water partition coefficient (Wildman–Crippen LogP) is 5.23. The SMILES string of the molecule is C/C=C(\C)C1=CC=C(F)/C(=C/Nc2ccc(C3CCCNC3)cc2)C1=N. The Morgan fingerprint density at radius 1 is 1.27 bits per heavy atom. The molecule has 1 saturated heterocycles. The molecule has 1 aromatic carbocycles. The van der Waals surface area contributed by atoms with Gasteiger partial charge in [0.2, 0.25) is 0 Å². The zero-order valence-electron chi connectivity index (χ0n) is 15.4. The summed E-state index contributed by atoms with van der Waals surface area (Å²) in [5.41, 5.74) is 4.43. The van der Waals surface area contributed by atoms with Crippen molar-refractivity contribution < 1.29 is 4.39 Å². The first-order chi connectivity index (χ1) is 12.6. The molecule has 1 aromatic rings. The van der Waals surface area contributed by atoms with Crippen molar-refractivity contribution in [2.24, 2.45) is 0 Å². The molecule has 1 aliphatic heterocycles. The summed E-state index contributed by atoms with van der Waals surface area (Å²) in [6, 6.07) is 8.30. The van der Waals surface area contributed by atoms with Crippen molar-refractivity contribution in [2.75, 3.05) is 18.4 Å². The number of allylic oxidation sites excluding steroid dienone is 7. The van der Waals surface area contributed by atoms with Gasteiger partial charge in [-0.1, -0.05) is 18.2 Å². The van der Waals surface area contributed by atoms with Gasteiger partial charge < -0.3 is 10.6 Å². The Morgan fingerprint density at radius 2 is 2.04 bits per heavy atom. The fraction of sp³-hybridized carbons (Fsp3) is 0.318. The van der Waals surface area contributed by atoms with Gasteiger partial charge in [-0.3, -0.25) is 5.41 Å². The third-order valence-corrected chi connectivity index (χ3v) is 5.11. The molecule has 1 fully saturated rings. The van der Waals surface area contributed by atoms with E-state index in [1.54, 1.807) is 12.3 Å².